The van der Waals surface area contributed by atoms with Gasteiger partial charge in [-0.3, -0.25) is 4.98 Å². The molecule has 10 aromatic rings. The lowest BCUT2D eigenvalue weighted by Gasteiger charge is -2.11. The number of hydrogen-bond donors (Lipinski definition) is 0. The van der Waals surface area contributed by atoms with E-state index in [4.69, 9.17) is 9.97 Å². The Morgan fingerprint density at radius 2 is 0.917 bits per heavy atom. The smallest absolute Gasteiger partial charge is 0.0979 e. The van der Waals surface area contributed by atoms with E-state index in [0.717, 1.165) is 33.1 Å². The molecule has 0 saturated carbocycles. The standard InChI is InChI=1S/C44H30N2S2/c1-23-13-14-39-31(15-23)32-16-24(2)17-33(42(32)47-39)34-18-25(3)19-35-36-20-26(4)21-37(44(36)48-43(34)35)38-22-45-40-29-11-7-5-9-27(29)28-10-6-8-12-30(28)41(40)46-38/h5-22H,1-4H3. The second kappa shape index (κ2) is 10.2. The summed E-state index contributed by atoms with van der Waals surface area (Å²) in [7, 11) is 0. The average molecular weight is 651 g/mol. The van der Waals surface area contributed by atoms with Crippen LogP contribution < -0.4 is 0 Å². The molecule has 3 aromatic heterocycles. The Balaban J connectivity index is 1.27. The molecule has 0 radical (unpaired) electrons. The molecule has 0 atom stereocenters. The molecule has 48 heavy (non-hydrogen) atoms. The Hall–Kier alpha value is -5.16. The lowest BCUT2D eigenvalue weighted by Crippen LogP contribution is -1.92. The first-order chi connectivity index (χ1) is 23.4. The second-order valence-electron chi connectivity index (χ2n) is 13.3. The monoisotopic (exact) mass is 650 g/mol. The highest BCUT2D eigenvalue weighted by atomic mass is 32.1. The predicted octanol–water partition coefficient (Wildman–Crippen LogP) is 13.2. The van der Waals surface area contributed by atoms with E-state index in [1.165, 1.54) is 84.5 Å². The van der Waals surface area contributed by atoms with Crippen molar-refractivity contribution in [3.8, 4) is 22.4 Å². The van der Waals surface area contributed by atoms with Gasteiger partial charge in [0.05, 0.1) is 22.9 Å². The van der Waals surface area contributed by atoms with E-state index in [1.54, 1.807) is 0 Å². The largest absolute Gasteiger partial charge is 0.252 e. The van der Waals surface area contributed by atoms with E-state index in [9.17, 15) is 0 Å². The molecule has 0 bridgehead atoms. The highest BCUT2D eigenvalue weighted by molar-refractivity contribution is 7.27. The van der Waals surface area contributed by atoms with E-state index in [-0.39, 0.29) is 0 Å². The quantitative estimate of drug-likeness (QED) is 0.174. The minimum absolute atomic E-state index is 0.916. The Kier molecular flexibility index (Phi) is 5.91. The molecule has 7 aromatic carbocycles. The summed E-state index contributed by atoms with van der Waals surface area (Å²) >= 11 is 3.81. The van der Waals surface area contributed by atoms with Gasteiger partial charge in [-0.25, -0.2) is 4.98 Å². The van der Waals surface area contributed by atoms with Crippen LogP contribution in [-0.2, 0) is 0 Å². The Bertz CT molecular complexity index is 2960. The molecule has 3 heterocycles. The first kappa shape index (κ1) is 27.9. The number of thiophene rings is 2. The molecule has 0 saturated heterocycles. The Morgan fingerprint density at radius 3 is 1.56 bits per heavy atom. The molecule has 2 nitrogen and oxygen atoms in total. The first-order valence-corrected chi connectivity index (χ1v) is 18.0. The summed E-state index contributed by atoms with van der Waals surface area (Å²) < 4.78 is 5.29. The molecule has 228 valence electrons. The van der Waals surface area contributed by atoms with Crippen molar-refractivity contribution in [2.45, 2.75) is 27.7 Å². The lowest BCUT2D eigenvalue weighted by atomic mass is 9.96. The van der Waals surface area contributed by atoms with Crippen molar-refractivity contribution < 1.29 is 0 Å². The summed E-state index contributed by atoms with van der Waals surface area (Å²) in [4.78, 5) is 10.5. The third-order valence-electron chi connectivity index (χ3n) is 9.82. The summed E-state index contributed by atoms with van der Waals surface area (Å²) in [6, 6.07) is 38.2. The summed E-state index contributed by atoms with van der Waals surface area (Å²) in [5.74, 6) is 0. The molecule has 0 N–H and O–H groups in total. The number of aryl methyl sites for hydroxylation is 4. The third-order valence-corrected chi connectivity index (χ3v) is 12.3. The molecule has 0 unspecified atom stereocenters. The maximum atomic E-state index is 5.41. The van der Waals surface area contributed by atoms with Crippen molar-refractivity contribution in [2.24, 2.45) is 0 Å². The topological polar surface area (TPSA) is 25.8 Å². The molecule has 0 amide bonds. The fraction of sp³-hybridized carbons (Fsp3) is 0.0909. The summed E-state index contributed by atoms with van der Waals surface area (Å²) in [6.45, 7) is 8.84. The van der Waals surface area contributed by atoms with Crippen molar-refractivity contribution in [3.63, 3.8) is 0 Å². The molecule has 0 aliphatic rings. The van der Waals surface area contributed by atoms with Gasteiger partial charge in [0.1, 0.15) is 0 Å². The summed E-state index contributed by atoms with van der Waals surface area (Å²) in [5, 5.41) is 10.0. The van der Waals surface area contributed by atoms with Gasteiger partial charge in [0.15, 0.2) is 0 Å². The van der Waals surface area contributed by atoms with Gasteiger partial charge in [0.2, 0.25) is 0 Å². The molecule has 0 fully saturated rings. The minimum atomic E-state index is 0.916. The number of hydrogen-bond acceptors (Lipinski definition) is 4. The van der Waals surface area contributed by atoms with Gasteiger partial charge < -0.3 is 0 Å². The van der Waals surface area contributed by atoms with E-state index < -0.39 is 0 Å². The number of aromatic nitrogens is 2. The van der Waals surface area contributed by atoms with Crippen LogP contribution in [-0.4, -0.2) is 9.97 Å². The minimum Gasteiger partial charge on any atom is -0.252 e. The Morgan fingerprint density at radius 1 is 0.417 bits per heavy atom. The maximum Gasteiger partial charge on any atom is 0.0979 e. The number of benzene rings is 7. The second-order valence-corrected chi connectivity index (χ2v) is 15.4. The summed E-state index contributed by atoms with van der Waals surface area (Å²) in [5.41, 5.74) is 11.7. The SMILES string of the molecule is Cc1ccc2sc3c(-c4cc(C)cc5c4sc4c(-c6cnc7c8ccccc8c8ccccc8c7n6)cc(C)cc45)cc(C)cc3c2c1. The Labute approximate surface area is 285 Å². The van der Waals surface area contributed by atoms with Gasteiger partial charge >= 0.3 is 0 Å². The number of nitrogens with zero attached hydrogens (tertiary/aromatic N) is 2. The zero-order valence-corrected chi connectivity index (χ0v) is 28.7. The van der Waals surface area contributed by atoms with E-state index in [1.807, 2.05) is 28.9 Å². The fourth-order valence-electron chi connectivity index (χ4n) is 7.75. The van der Waals surface area contributed by atoms with Crippen LogP contribution in [0.15, 0.2) is 109 Å². The van der Waals surface area contributed by atoms with Crippen LogP contribution in [0.5, 0.6) is 0 Å². The van der Waals surface area contributed by atoms with Crippen molar-refractivity contribution in [1.29, 1.82) is 0 Å². The molecule has 0 spiro atoms. The average Bonchev–Trinajstić information content (AvgIpc) is 3.65. The molecule has 4 heteroatoms. The molecule has 10 rings (SSSR count). The van der Waals surface area contributed by atoms with Gasteiger partial charge in [-0.2, -0.15) is 0 Å². The zero-order valence-electron chi connectivity index (χ0n) is 27.1. The number of rotatable bonds is 2. The zero-order chi connectivity index (χ0) is 32.3. The molecular weight excluding hydrogens is 621 g/mol. The van der Waals surface area contributed by atoms with Gasteiger partial charge in [-0.15, -0.1) is 22.7 Å². The molecular formula is C44H30N2S2. The van der Waals surface area contributed by atoms with E-state index in [0.29, 0.717) is 0 Å². The maximum absolute atomic E-state index is 5.41. The van der Waals surface area contributed by atoms with Gasteiger partial charge in [-0.1, -0.05) is 60.2 Å². The normalized spacial score (nSPS) is 12.2. The summed E-state index contributed by atoms with van der Waals surface area (Å²) in [6.07, 6.45) is 1.98. The van der Waals surface area contributed by atoms with Gasteiger partial charge in [-0.05, 0) is 104 Å². The highest BCUT2D eigenvalue weighted by Crippen LogP contribution is 2.48. The third kappa shape index (κ3) is 4.03. The predicted molar refractivity (Wildman–Crippen MR) is 210 cm³/mol. The van der Waals surface area contributed by atoms with Gasteiger partial charge in [0.25, 0.3) is 0 Å². The van der Waals surface area contributed by atoms with Crippen molar-refractivity contribution in [2.75, 3.05) is 0 Å². The van der Waals surface area contributed by atoms with Crippen LogP contribution in [0.3, 0.4) is 0 Å². The van der Waals surface area contributed by atoms with Crippen molar-refractivity contribution in [3.05, 3.63) is 132 Å². The van der Waals surface area contributed by atoms with Crippen LogP contribution in [0.4, 0.5) is 0 Å². The first-order valence-electron chi connectivity index (χ1n) is 16.4. The fourth-order valence-corrected chi connectivity index (χ4v) is 10.3. The molecule has 0 aliphatic heterocycles. The van der Waals surface area contributed by atoms with Crippen LogP contribution in [0, 0.1) is 27.7 Å². The van der Waals surface area contributed by atoms with Crippen LogP contribution in [0.2, 0.25) is 0 Å². The van der Waals surface area contributed by atoms with Crippen LogP contribution >= 0.6 is 22.7 Å². The van der Waals surface area contributed by atoms with Crippen molar-refractivity contribution >= 4 is 95.6 Å². The number of fused-ring (bicyclic) bond motifs is 12. The molecule has 0 aliphatic carbocycles. The van der Waals surface area contributed by atoms with Crippen LogP contribution in [0.25, 0.3) is 95.3 Å². The van der Waals surface area contributed by atoms with Crippen LogP contribution in [0.1, 0.15) is 22.3 Å². The lowest BCUT2D eigenvalue weighted by molar-refractivity contribution is 1.31. The van der Waals surface area contributed by atoms with Crippen molar-refractivity contribution in [1.82, 2.24) is 9.97 Å². The van der Waals surface area contributed by atoms with Gasteiger partial charge in [0, 0.05) is 67.8 Å². The highest BCUT2D eigenvalue weighted by Gasteiger charge is 2.20. The van der Waals surface area contributed by atoms with E-state index >= 15 is 0 Å². The van der Waals surface area contributed by atoms with E-state index in [2.05, 4.69) is 131 Å².